The van der Waals surface area contributed by atoms with Gasteiger partial charge in [-0.25, -0.2) is 9.97 Å². The van der Waals surface area contributed by atoms with Gasteiger partial charge in [0.1, 0.15) is 5.15 Å². The predicted molar refractivity (Wildman–Crippen MR) is 90.4 cm³/mol. The Morgan fingerprint density at radius 3 is 2.55 bits per heavy atom. The van der Waals surface area contributed by atoms with E-state index in [9.17, 15) is 0 Å². The molecule has 3 aromatic rings. The largest absolute Gasteiger partial charge is 0.227 e. The van der Waals surface area contributed by atoms with Gasteiger partial charge in [-0.2, -0.15) is 0 Å². The Hall–Kier alpha value is -0.680. The van der Waals surface area contributed by atoms with Crippen LogP contribution in [0.3, 0.4) is 0 Å². The van der Waals surface area contributed by atoms with Crippen LogP contribution in [0.4, 0.5) is 0 Å². The lowest BCUT2D eigenvalue weighted by atomic mass is 10.2. The SMILES string of the molecule is Clc1ccc(Br)cc1-c1nc(Cl)c2cccc(Br)c2n1. The predicted octanol–water partition coefficient (Wildman–Crippen LogP) is 6.13. The first kappa shape index (κ1) is 14.3. The van der Waals surface area contributed by atoms with Crippen LogP contribution in [0.15, 0.2) is 45.3 Å². The lowest BCUT2D eigenvalue weighted by Crippen LogP contribution is -1.93. The molecule has 0 aliphatic carbocycles. The lowest BCUT2D eigenvalue weighted by molar-refractivity contribution is 1.22. The number of nitrogens with zero attached hydrogens (tertiary/aromatic N) is 2. The molecular formula is C14H6Br2Cl2N2. The monoisotopic (exact) mass is 430 g/mol. The van der Waals surface area contributed by atoms with Crippen molar-refractivity contribution in [2.45, 2.75) is 0 Å². The zero-order valence-corrected chi connectivity index (χ0v) is 14.6. The lowest BCUT2D eigenvalue weighted by Gasteiger charge is -2.07. The summed E-state index contributed by atoms with van der Waals surface area (Å²) in [6.45, 7) is 0. The third-order valence-corrected chi connectivity index (χ3v) is 4.55. The molecule has 0 saturated carbocycles. The summed E-state index contributed by atoms with van der Waals surface area (Å²) in [6, 6.07) is 11.2. The number of benzene rings is 2. The molecule has 0 radical (unpaired) electrons. The van der Waals surface area contributed by atoms with Crippen LogP contribution in [0.25, 0.3) is 22.3 Å². The average Bonchev–Trinajstić information content (AvgIpc) is 2.42. The quantitative estimate of drug-likeness (QED) is 0.432. The van der Waals surface area contributed by atoms with Gasteiger partial charge in [-0.3, -0.25) is 0 Å². The van der Waals surface area contributed by atoms with Crippen molar-refractivity contribution in [1.82, 2.24) is 9.97 Å². The van der Waals surface area contributed by atoms with Gasteiger partial charge in [0.15, 0.2) is 5.82 Å². The number of para-hydroxylation sites is 1. The zero-order chi connectivity index (χ0) is 14.3. The van der Waals surface area contributed by atoms with Crippen molar-refractivity contribution in [2.75, 3.05) is 0 Å². The number of hydrogen-bond donors (Lipinski definition) is 0. The molecule has 0 N–H and O–H groups in total. The Balaban J connectivity index is 2.32. The molecule has 0 saturated heterocycles. The maximum atomic E-state index is 6.25. The van der Waals surface area contributed by atoms with Crippen LogP contribution < -0.4 is 0 Å². The first-order chi connectivity index (χ1) is 9.56. The molecule has 100 valence electrons. The summed E-state index contributed by atoms with van der Waals surface area (Å²) in [6.07, 6.45) is 0. The third kappa shape index (κ3) is 2.58. The van der Waals surface area contributed by atoms with E-state index in [1.165, 1.54) is 0 Å². The van der Waals surface area contributed by atoms with E-state index in [0.29, 0.717) is 16.0 Å². The number of aromatic nitrogens is 2. The van der Waals surface area contributed by atoms with Crippen LogP contribution in [-0.2, 0) is 0 Å². The summed E-state index contributed by atoms with van der Waals surface area (Å²) < 4.78 is 1.77. The van der Waals surface area contributed by atoms with Crippen LogP contribution in [0.5, 0.6) is 0 Å². The molecule has 2 nitrogen and oxygen atoms in total. The van der Waals surface area contributed by atoms with Gasteiger partial charge in [-0.1, -0.05) is 45.2 Å². The second kappa shape index (κ2) is 5.60. The zero-order valence-electron chi connectivity index (χ0n) is 9.87. The standard InChI is InChI=1S/C14H6Br2Cl2N2/c15-7-4-5-11(17)9(6-7)14-19-12-8(13(18)20-14)2-1-3-10(12)16/h1-6H. The molecule has 0 atom stereocenters. The maximum absolute atomic E-state index is 6.25. The fraction of sp³-hybridized carbons (Fsp3) is 0. The first-order valence-electron chi connectivity index (χ1n) is 5.63. The van der Waals surface area contributed by atoms with E-state index in [-0.39, 0.29) is 0 Å². The highest BCUT2D eigenvalue weighted by Crippen LogP contribution is 2.33. The summed E-state index contributed by atoms with van der Waals surface area (Å²) >= 11 is 19.4. The van der Waals surface area contributed by atoms with Crippen molar-refractivity contribution >= 4 is 66.0 Å². The maximum Gasteiger partial charge on any atom is 0.163 e. The normalized spacial score (nSPS) is 11.0. The van der Waals surface area contributed by atoms with Crippen molar-refractivity contribution in [1.29, 1.82) is 0 Å². The molecule has 0 amide bonds. The van der Waals surface area contributed by atoms with E-state index in [1.54, 1.807) is 6.07 Å². The topological polar surface area (TPSA) is 25.8 Å². The van der Waals surface area contributed by atoms with E-state index in [0.717, 1.165) is 25.4 Å². The van der Waals surface area contributed by atoms with Gasteiger partial charge < -0.3 is 0 Å². The molecule has 0 aliphatic heterocycles. The minimum Gasteiger partial charge on any atom is -0.227 e. The van der Waals surface area contributed by atoms with Gasteiger partial charge >= 0.3 is 0 Å². The molecule has 6 heteroatoms. The fourth-order valence-corrected chi connectivity index (χ4v) is 3.12. The molecule has 1 aromatic heterocycles. The molecule has 0 fully saturated rings. The Morgan fingerprint density at radius 2 is 1.75 bits per heavy atom. The third-order valence-electron chi connectivity index (χ3n) is 2.80. The van der Waals surface area contributed by atoms with Gasteiger partial charge in [-0.15, -0.1) is 0 Å². The molecule has 0 spiro atoms. The minimum atomic E-state index is 0.405. The smallest absolute Gasteiger partial charge is 0.163 e. The first-order valence-corrected chi connectivity index (χ1v) is 7.97. The summed E-state index contributed by atoms with van der Waals surface area (Å²) in [5, 5.41) is 1.79. The molecule has 0 bridgehead atoms. The molecule has 1 heterocycles. The number of rotatable bonds is 1. The van der Waals surface area contributed by atoms with Crippen LogP contribution in [0.2, 0.25) is 10.2 Å². The van der Waals surface area contributed by atoms with E-state index >= 15 is 0 Å². The Kier molecular flexibility index (Phi) is 4.00. The molecule has 20 heavy (non-hydrogen) atoms. The van der Waals surface area contributed by atoms with E-state index in [1.807, 2.05) is 30.3 Å². The van der Waals surface area contributed by atoms with Crippen molar-refractivity contribution in [3.05, 3.63) is 55.5 Å². The Labute approximate surface area is 142 Å². The van der Waals surface area contributed by atoms with E-state index in [2.05, 4.69) is 41.8 Å². The van der Waals surface area contributed by atoms with Gasteiger partial charge in [0, 0.05) is 19.9 Å². The highest BCUT2D eigenvalue weighted by atomic mass is 79.9. The molecule has 0 unspecified atom stereocenters. The van der Waals surface area contributed by atoms with Crippen LogP contribution >= 0.6 is 55.1 Å². The summed E-state index contributed by atoms with van der Waals surface area (Å²) in [5.74, 6) is 0.501. The summed E-state index contributed by atoms with van der Waals surface area (Å²) in [7, 11) is 0. The van der Waals surface area contributed by atoms with E-state index < -0.39 is 0 Å². The van der Waals surface area contributed by atoms with Crippen molar-refractivity contribution in [2.24, 2.45) is 0 Å². The van der Waals surface area contributed by atoms with Gasteiger partial charge in [0.25, 0.3) is 0 Å². The molecular weight excluding hydrogens is 427 g/mol. The average molecular weight is 433 g/mol. The summed E-state index contributed by atoms with van der Waals surface area (Å²) in [4.78, 5) is 8.90. The molecule has 2 aromatic carbocycles. The Morgan fingerprint density at radius 1 is 0.950 bits per heavy atom. The molecule has 3 rings (SSSR count). The summed E-state index contributed by atoms with van der Waals surface area (Å²) in [5.41, 5.74) is 1.50. The van der Waals surface area contributed by atoms with Crippen LogP contribution in [0, 0.1) is 0 Å². The number of hydrogen-bond acceptors (Lipinski definition) is 2. The highest BCUT2D eigenvalue weighted by Gasteiger charge is 2.12. The van der Waals surface area contributed by atoms with Crippen LogP contribution in [-0.4, -0.2) is 9.97 Å². The van der Waals surface area contributed by atoms with Gasteiger partial charge in [0.05, 0.1) is 10.5 Å². The minimum absolute atomic E-state index is 0.405. The van der Waals surface area contributed by atoms with Crippen molar-refractivity contribution in [3.8, 4) is 11.4 Å². The van der Waals surface area contributed by atoms with Gasteiger partial charge in [0.2, 0.25) is 0 Å². The van der Waals surface area contributed by atoms with Gasteiger partial charge in [-0.05, 0) is 46.3 Å². The van der Waals surface area contributed by atoms with E-state index in [4.69, 9.17) is 23.2 Å². The molecule has 0 aliphatic rings. The van der Waals surface area contributed by atoms with Crippen molar-refractivity contribution in [3.63, 3.8) is 0 Å². The number of fused-ring (bicyclic) bond motifs is 1. The second-order valence-electron chi connectivity index (χ2n) is 4.10. The van der Waals surface area contributed by atoms with Crippen molar-refractivity contribution < 1.29 is 0 Å². The Bertz CT molecular complexity index is 822. The second-order valence-corrected chi connectivity index (χ2v) is 6.63. The fourth-order valence-electron chi connectivity index (χ4n) is 1.87. The van der Waals surface area contributed by atoms with Crippen LogP contribution in [0.1, 0.15) is 0 Å². The highest BCUT2D eigenvalue weighted by molar-refractivity contribution is 9.11. The number of halogens is 4.